The maximum Gasteiger partial charge on any atom is 0.104 e. The zero-order chi connectivity index (χ0) is 15.0. The quantitative estimate of drug-likeness (QED) is 0.320. The summed E-state index contributed by atoms with van der Waals surface area (Å²) in [7, 11) is 0. The molecule has 2 aliphatic heterocycles. The van der Waals surface area contributed by atoms with Crippen LogP contribution >= 0.6 is 0 Å². The Morgan fingerprint density at radius 2 is 1.43 bits per heavy atom. The molecule has 21 heavy (non-hydrogen) atoms. The molecule has 0 aromatic carbocycles. The van der Waals surface area contributed by atoms with E-state index in [0.717, 1.165) is 13.2 Å². The minimum absolute atomic E-state index is 0.0802. The van der Waals surface area contributed by atoms with Gasteiger partial charge in [-0.1, -0.05) is 0 Å². The van der Waals surface area contributed by atoms with Gasteiger partial charge in [0.25, 0.3) is 0 Å². The summed E-state index contributed by atoms with van der Waals surface area (Å²) in [6.45, 7) is 4.07. The van der Waals surface area contributed by atoms with Crippen LogP contribution in [0.3, 0.4) is 0 Å². The number of aliphatic hydroxyl groups excluding tert-OH is 2. The van der Waals surface area contributed by atoms with Crippen LogP contribution in [0.2, 0.25) is 0 Å². The third kappa shape index (κ3) is 7.01. The van der Waals surface area contributed by atoms with Gasteiger partial charge < -0.3 is 33.9 Å². The van der Waals surface area contributed by atoms with Crippen molar-refractivity contribution in [1.82, 2.24) is 0 Å². The topological polar surface area (TPSA) is 93.2 Å². The molecule has 0 aliphatic carbocycles. The molecular weight excluding hydrogens is 280 g/mol. The molecule has 7 nitrogen and oxygen atoms in total. The first-order chi connectivity index (χ1) is 10.3. The summed E-state index contributed by atoms with van der Waals surface area (Å²) in [5, 5.41) is 18.5. The maximum atomic E-state index is 9.74. The molecule has 0 bridgehead atoms. The first kappa shape index (κ1) is 17.1. The summed E-state index contributed by atoms with van der Waals surface area (Å²) in [5.41, 5.74) is -0.584. The van der Waals surface area contributed by atoms with Crippen LogP contribution < -0.4 is 0 Å². The third-order valence-corrected chi connectivity index (χ3v) is 3.42. The van der Waals surface area contributed by atoms with Gasteiger partial charge in [-0.25, -0.2) is 0 Å². The predicted molar refractivity (Wildman–Crippen MR) is 73.2 cm³/mol. The average Bonchev–Trinajstić information content (AvgIpc) is 3.37. The van der Waals surface area contributed by atoms with E-state index in [2.05, 4.69) is 0 Å². The molecule has 2 aliphatic rings. The van der Waals surface area contributed by atoms with E-state index in [9.17, 15) is 5.11 Å². The fourth-order valence-corrected chi connectivity index (χ4v) is 1.86. The Hall–Kier alpha value is -0.280. The molecule has 0 aromatic rings. The van der Waals surface area contributed by atoms with E-state index in [1.54, 1.807) is 0 Å². The maximum absolute atomic E-state index is 9.74. The fourth-order valence-electron chi connectivity index (χ4n) is 1.86. The smallest absolute Gasteiger partial charge is 0.104 e. The van der Waals surface area contributed by atoms with E-state index in [0.29, 0.717) is 46.1 Å². The van der Waals surface area contributed by atoms with Crippen molar-refractivity contribution < 1.29 is 33.9 Å². The van der Waals surface area contributed by atoms with Gasteiger partial charge in [0, 0.05) is 13.2 Å². The zero-order valence-electron chi connectivity index (χ0n) is 12.4. The Labute approximate surface area is 125 Å². The largest absolute Gasteiger partial charge is 0.396 e. The van der Waals surface area contributed by atoms with Crippen molar-refractivity contribution in [2.75, 3.05) is 66.1 Å². The van der Waals surface area contributed by atoms with Gasteiger partial charge in [-0.2, -0.15) is 0 Å². The highest BCUT2D eigenvalue weighted by molar-refractivity contribution is 4.80. The molecule has 2 N–H and O–H groups in total. The fraction of sp³-hybridized carbons (Fsp3) is 1.00. The molecule has 2 saturated heterocycles. The van der Waals surface area contributed by atoms with Gasteiger partial charge in [-0.05, 0) is 6.42 Å². The molecule has 2 atom stereocenters. The van der Waals surface area contributed by atoms with Gasteiger partial charge in [0.1, 0.15) is 12.2 Å². The first-order valence-corrected chi connectivity index (χ1v) is 7.46. The van der Waals surface area contributed by atoms with Crippen LogP contribution in [-0.4, -0.2) is 88.5 Å². The van der Waals surface area contributed by atoms with Crippen LogP contribution in [0.15, 0.2) is 0 Å². The van der Waals surface area contributed by atoms with Crippen molar-refractivity contribution in [2.24, 2.45) is 5.41 Å². The molecule has 0 saturated carbocycles. The van der Waals surface area contributed by atoms with Crippen LogP contribution in [0.5, 0.6) is 0 Å². The molecule has 124 valence electrons. The Balaban J connectivity index is 1.71. The van der Waals surface area contributed by atoms with Crippen molar-refractivity contribution in [1.29, 1.82) is 0 Å². The van der Waals surface area contributed by atoms with Crippen LogP contribution in [-0.2, 0) is 23.7 Å². The summed E-state index contributed by atoms with van der Waals surface area (Å²) in [6.07, 6.45) is 0.963. The second kappa shape index (κ2) is 8.99. The van der Waals surface area contributed by atoms with Crippen LogP contribution in [0.1, 0.15) is 6.42 Å². The number of rotatable bonds is 14. The monoisotopic (exact) mass is 306 g/mol. The Morgan fingerprint density at radius 3 is 1.86 bits per heavy atom. The van der Waals surface area contributed by atoms with Crippen LogP contribution in [0, 0.1) is 5.41 Å². The normalized spacial score (nSPS) is 26.6. The predicted octanol–water partition coefficient (Wildman–Crippen LogP) is -0.805. The van der Waals surface area contributed by atoms with Gasteiger partial charge in [0.05, 0.1) is 58.3 Å². The number of ether oxygens (including phenoxy) is 5. The number of aliphatic hydroxyl groups is 2. The van der Waals surface area contributed by atoms with Gasteiger partial charge in [0.15, 0.2) is 0 Å². The van der Waals surface area contributed by atoms with E-state index < -0.39 is 5.41 Å². The van der Waals surface area contributed by atoms with Gasteiger partial charge >= 0.3 is 0 Å². The van der Waals surface area contributed by atoms with Gasteiger partial charge in [-0.15, -0.1) is 0 Å². The summed E-state index contributed by atoms with van der Waals surface area (Å²) in [4.78, 5) is 0. The lowest BCUT2D eigenvalue weighted by atomic mass is 9.92. The summed E-state index contributed by atoms with van der Waals surface area (Å²) in [5.74, 6) is 0. The lowest BCUT2D eigenvalue weighted by Crippen LogP contribution is -2.41. The Bertz CT molecular complexity index is 260. The molecule has 0 radical (unpaired) electrons. The first-order valence-electron chi connectivity index (χ1n) is 7.46. The van der Waals surface area contributed by atoms with E-state index in [-0.39, 0.29) is 25.4 Å². The summed E-state index contributed by atoms with van der Waals surface area (Å²) in [6, 6.07) is 0. The number of epoxide rings is 2. The van der Waals surface area contributed by atoms with E-state index in [1.165, 1.54) is 0 Å². The molecule has 2 fully saturated rings. The summed E-state index contributed by atoms with van der Waals surface area (Å²) >= 11 is 0. The Morgan fingerprint density at radius 1 is 0.905 bits per heavy atom. The zero-order valence-corrected chi connectivity index (χ0v) is 12.4. The number of hydrogen-bond acceptors (Lipinski definition) is 7. The molecule has 2 rings (SSSR count). The molecule has 0 spiro atoms. The van der Waals surface area contributed by atoms with Crippen molar-refractivity contribution in [3.05, 3.63) is 0 Å². The second-order valence-corrected chi connectivity index (χ2v) is 5.73. The molecule has 0 aromatic heterocycles. The van der Waals surface area contributed by atoms with Crippen molar-refractivity contribution in [3.8, 4) is 0 Å². The highest BCUT2D eigenvalue weighted by atomic mass is 16.6. The minimum Gasteiger partial charge on any atom is -0.396 e. The lowest BCUT2D eigenvalue weighted by molar-refractivity contribution is -0.0961. The summed E-state index contributed by atoms with van der Waals surface area (Å²) < 4.78 is 27.0. The SMILES string of the molecule is OCCCOCC(CO)(COCC1CO1)COCC1CO1. The molecule has 7 heteroatoms. The number of hydrogen-bond donors (Lipinski definition) is 2. The van der Waals surface area contributed by atoms with Crippen LogP contribution in [0.25, 0.3) is 0 Å². The van der Waals surface area contributed by atoms with Crippen LogP contribution in [0.4, 0.5) is 0 Å². The highest BCUT2D eigenvalue weighted by Gasteiger charge is 2.34. The minimum atomic E-state index is -0.584. The second-order valence-electron chi connectivity index (χ2n) is 5.73. The third-order valence-electron chi connectivity index (χ3n) is 3.42. The van der Waals surface area contributed by atoms with E-state index in [1.807, 2.05) is 0 Å². The molecule has 2 heterocycles. The molecule has 0 amide bonds. The lowest BCUT2D eigenvalue weighted by Gasteiger charge is -2.31. The van der Waals surface area contributed by atoms with Crippen molar-refractivity contribution in [2.45, 2.75) is 18.6 Å². The van der Waals surface area contributed by atoms with Crippen molar-refractivity contribution >= 4 is 0 Å². The van der Waals surface area contributed by atoms with Gasteiger partial charge in [0.2, 0.25) is 0 Å². The van der Waals surface area contributed by atoms with Gasteiger partial charge in [-0.3, -0.25) is 0 Å². The highest BCUT2D eigenvalue weighted by Crippen LogP contribution is 2.21. The van der Waals surface area contributed by atoms with E-state index in [4.69, 9.17) is 28.8 Å². The standard InChI is InChI=1S/C14H26O7/c15-2-1-3-17-9-14(8-16,10-18-4-12-6-20-12)11-19-5-13-7-21-13/h12-13,15-16H,1-11H2. The molecular formula is C14H26O7. The van der Waals surface area contributed by atoms with E-state index >= 15 is 0 Å². The average molecular weight is 306 g/mol. The molecule has 2 unspecified atom stereocenters. The Kier molecular flexibility index (Phi) is 7.31. The van der Waals surface area contributed by atoms with Crippen molar-refractivity contribution in [3.63, 3.8) is 0 Å².